The van der Waals surface area contributed by atoms with Crippen molar-refractivity contribution in [3.05, 3.63) is 65.4 Å². The summed E-state index contributed by atoms with van der Waals surface area (Å²) in [6, 6.07) is 13.5. The van der Waals surface area contributed by atoms with Gasteiger partial charge in [-0.1, -0.05) is 12.1 Å². The molecule has 1 amide bonds. The zero-order valence-corrected chi connectivity index (χ0v) is 11.5. The number of hydrogen-bond acceptors (Lipinski definition) is 1. The van der Waals surface area contributed by atoms with Gasteiger partial charge in [0.1, 0.15) is 0 Å². The fourth-order valence-corrected chi connectivity index (χ4v) is 2.30. The summed E-state index contributed by atoms with van der Waals surface area (Å²) in [5, 5.41) is 3.89. The Bertz CT molecular complexity index is 787. The van der Waals surface area contributed by atoms with Crippen LogP contribution in [-0.4, -0.2) is 10.9 Å². The Morgan fingerprint density at radius 3 is 2.70 bits per heavy atom. The molecule has 3 aromatic rings. The molecule has 2 N–H and O–H groups in total. The van der Waals surface area contributed by atoms with Gasteiger partial charge in [0, 0.05) is 28.4 Å². The molecule has 100 valence electrons. The molecule has 3 heteroatoms. The highest BCUT2D eigenvalue weighted by molar-refractivity contribution is 6.12. The maximum Gasteiger partial charge on any atom is 0.256 e. The average molecular weight is 264 g/mol. The highest BCUT2D eigenvalue weighted by Gasteiger charge is 2.10. The molecular formula is C17H16N2O. The first-order valence-electron chi connectivity index (χ1n) is 6.60. The number of aromatic nitrogens is 1. The van der Waals surface area contributed by atoms with Crippen LogP contribution in [0.15, 0.2) is 48.7 Å². The van der Waals surface area contributed by atoms with E-state index in [-0.39, 0.29) is 5.91 Å². The highest BCUT2D eigenvalue weighted by Crippen LogP contribution is 2.20. The molecule has 1 heterocycles. The maximum absolute atomic E-state index is 12.4. The lowest BCUT2D eigenvalue weighted by atomic mass is 10.1. The smallest absolute Gasteiger partial charge is 0.256 e. The molecule has 0 aliphatic carbocycles. The summed E-state index contributed by atoms with van der Waals surface area (Å²) in [6.45, 7) is 4.10. The number of carbonyl (C=O) groups excluding carboxylic acids is 1. The van der Waals surface area contributed by atoms with Crippen molar-refractivity contribution in [3.63, 3.8) is 0 Å². The van der Waals surface area contributed by atoms with Gasteiger partial charge < -0.3 is 10.3 Å². The largest absolute Gasteiger partial charge is 0.361 e. The van der Waals surface area contributed by atoms with E-state index in [1.165, 1.54) is 11.1 Å². The third-order valence-corrected chi connectivity index (χ3v) is 3.60. The number of amides is 1. The van der Waals surface area contributed by atoms with Gasteiger partial charge >= 0.3 is 0 Å². The molecule has 3 rings (SSSR count). The van der Waals surface area contributed by atoms with Crippen molar-refractivity contribution in [2.45, 2.75) is 13.8 Å². The van der Waals surface area contributed by atoms with Crippen molar-refractivity contribution in [3.8, 4) is 0 Å². The Morgan fingerprint density at radius 2 is 1.90 bits per heavy atom. The number of anilines is 1. The number of benzene rings is 2. The summed E-state index contributed by atoms with van der Waals surface area (Å²) < 4.78 is 0. The Kier molecular flexibility index (Phi) is 3.03. The minimum Gasteiger partial charge on any atom is -0.361 e. The van der Waals surface area contributed by atoms with Gasteiger partial charge in [-0.2, -0.15) is 0 Å². The van der Waals surface area contributed by atoms with Crippen LogP contribution in [0.25, 0.3) is 10.9 Å². The molecule has 20 heavy (non-hydrogen) atoms. The summed E-state index contributed by atoms with van der Waals surface area (Å²) in [5.41, 5.74) is 4.86. The quantitative estimate of drug-likeness (QED) is 0.721. The van der Waals surface area contributed by atoms with Crippen LogP contribution in [0.2, 0.25) is 0 Å². The average Bonchev–Trinajstić information content (AvgIpc) is 2.91. The first-order valence-corrected chi connectivity index (χ1v) is 6.60. The van der Waals surface area contributed by atoms with Crippen molar-refractivity contribution in [1.82, 2.24) is 4.98 Å². The predicted octanol–water partition coefficient (Wildman–Crippen LogP) is 4.04. The number of nitrogens with one attached hydrogen (secondary N) is 2. The van der Waals surface area contributed by atoms with E-state index < -0.39 is 0 Å². The fraction of sp³-hybridized carbons (Fsp3) is 0.118. The fourth-order valence-electron chi connectivity index (χ4n) is 2.30. The van der Waals surface area contributed by atoms with E-state index in [9.17, 15) is 4.79 Å². The summed E-state index contributed by atoms with van der Waals surface area (Å²) in [5.74, 6) is -0.0848. The van der Waals surface area contributed by atoms with Gasteiger partial charge in [0.05, 0.1) is 0 Å². The molecule has 0 spiro atoms. The van der Waals surface area contributed by atoms with Crippen LogP contribution < -0.4 is 5.32 Å². The van der Waals surface area contributed by atoms with Crippen LogP contribution in [0.3, 0.4) is 0 Å². The molecule has 0 bridgehead atoms. The molecule has 3 nitrogen and oxygen atoms in total. The van der Waals surface area contributed by atoms with Crippen molar-refractivity contribution >= 4 is 22.5 Å². The zero-order valence-electron chi connectivity index (χ0n) is 11.5. The van der Waals surface area contributed by atoms with Crippen LogP contribution in [-0.2, 0) is 0 Å². The molecular weight excluding hydrogens is 248 g/mol. The lowest BCUT2D eigenvalue weighted by molar-refractivity contribution is 0.102. The van der Waals surface area contributed by atoms with Crippen LogP contribution >= 0.6 is 0 Å². The van der Waals surface area contributed by atoms with Gasteiger partial charge in [-0.3, -0.25) is 4.79 Å². The van der Waals surface area contributed by atoms with E-state index in [2.05, 4.69) is 17.2 Å². The summed E-state index contributed by atoms with van der Waals surface area (Å²) in [4.78, 5) is 15.5. The molecule has 0 atom stereocenters. The minimum atomic E-state index is -0.0848. The second-order valence-corrected chi connectivity index (χ2v) is 5.00. The number of aryl methyl sites for hydroxylation is 2. The molecule has 0 fully saturated rings. The zero-order chi connectivity index (χ0) is 14.1. The second kappa shape index (κ2) is 4.85. The van der Waals surface area contributed by atoms with Gasteiger partial charge in [0.2, 0.25) is 0 Å². The Morgan fingerprint density at radius 1 is 1.05 bits per heavy atom. The van der Waals surface area contributed by atoms with Gasteiger partial charge in [-0.25, -0.2) is 0 Å². The molecule has 2 aromatic carbocycles. The van der Waals surface area contributed by atoms with Crippen LogP contribution in [0.1, 0.15) is 21.5 Å². The maximum atomic E-state index is 12.4. The van der Waals surface area contributed by atoms with Crippen LogP contribution in [0, 0.1) is 13.8 Å². The van der Waals surface area contributed by atoms with Crippen LogP contribution in [0.5, 0.6) is 0 Å². The number of carbonyl (C=O) groups is 1. The predicted molar refractivity (Wildman–Crippen MR) is 82.2 cm³/mol. The highest BCUT2D eigenvalue weighted by atomic mass is 16.1. The molecule has 1 aromatic heterocycles. The Balaban J connectivity index is 1.93. The number of fused-ring (bicyclic) bond motifs is 1. The number of rotatable bonds is 2. The standard InChI is InChI=1S/C17H16N2O/c1-11-6-7-13(10-12(11)2)19-17(20)15-4-3-5-16-14(15)8-9-18-16/h3-10,18H,1-2H3,(H,19,20). The molecule has 0 aliphatic heterocycles. The van der Waals surface area contributed by atoms with Gasteiger partial charge in [-0.05, 0) is 55.3 Å². The third-order valence-electron chi connectivity index (χ3n) is 3.60. The van der Waals surface area contributed by atoms with E-state index in [1.807, 2.05) is 55.6 Å². The van der Waals surface area contributed by atoms with Crippen molar-refractivity contribution in [2.75, 3.05) is 5.32 Å². The van der Waals surface area contributed by atoms with E-state index >= 15 is 0 Å². The minimum absolute atomic E-state index is 0.0848. The summed E-state index contributed by atoms with van der Waals surface area (Å²) in [6.07, 6.45) is 1.84. The normalized spacial score (nSPS) is 10.7. The molecule has 0 saturated carbocycles. The molecule has 0 aliphatic rings. The molecule has 0 unspecified atom stereocenters. The lowest BCUT2D eigenvalue weighted by Crippen LogP contribution is -2.12. The number of aromatic amines is 1. The van der Waals surface area contributed by atoms with Crippen LogP contribution in [0.4, 0.5) is 5.69 Å². The van der Waals surface area contributed by atoms with Crippen molar-refractivity contribution in [2.24, 2.45) is 0 Å². The van der Waals surface area contributed by atoms with Crippen molar-refractivity contribution in [1.29, 1.82) is 0 Å². The van der Waals surface area contributed by atoms with Crippen molar-refractivity contribution < 1.29 is 4.79 Å². The topological polar surface area (TPSA) is 44.9 Å². The van der Waals surface area contributed by atoms with E-state index in [1.54, 1.807) is 0 Å². The lowest BCUT2D eigenvalue weighted by Gasteiger charge is -2.08. The number of hydrogen-bond donors (Lipinski definition) is 2. The van der Waals surface area contributed by atoms with Gasteiger partial charge in [0.15, 0.2) is 0 Å². The van der Waals surface area contributed by atoms with Gasteiger partial charge in [-0.15, -0.1) is 0 Å². The molecule has 0 radical (unpaired) electrons. The van der Waals surface area contributed by atoms with E-state index in [0.717, 1.165) is 16.6 Å². The monoisotopic (exact) mass is 264 g/mol. The first kappa shape index (κ1) is 12.5. The summed E-state index contributed by atoms with van der Waals surface area (Å²) in [7, 11) is 0. The SMILES string of the molecule is Cc1ccc(NC(=O)c2cccc3[nH]ccc23)cc1C. The first-order chi connectivity index (χ1) is 9.65. The third kappa shape index (κ3) is 2.18. The van der Waals surface area contributed by atoms with E-state index in [0.29, 0.717) is 5.56 Å². The Hall–Kier alpha value is -2.55. The second-order valence-electron chi connectivity index (χ2n) is 5.00. The van der Waals surface area contributed by atoms with Gasteiger partial charge in [0.25, 0.3) is 5.91 Å². The molecule has 0 saturated heterocycles. The van der Waals surface area contributed by atoms with E-state index in [4.69, 9.17) is 0 Å². The Labute approximate surface area is 117 Å². The summed E-state index contributed by atoms with van der Waals surface area (Å²) >= 11 is 0. The number of H-pyrrole nitrogens is 1.